The fraction of sp³-hybridized carbons (Fsp3) is 0.429. The van der Waals surface area contributed by atoms with Gasteiger partial charge >= 0.3 is 0 Å². The molecule has 1 aliphatic heterocycles. The van der Waals surface area contributed by atoms with Crippen LogP contribution in [0.3, 0.4) is 0 Å². The minimum Gasteiger partial charge on any atom is -0.379 e. The summed E-state index contributed by atoms with van der Waals surface area (Å²) >= 11 is 5.91. The number of nitrogens with one attached hydrogen (secondary N) is 1. The van der Waals surface area contributed by atoms with Crippen molar-refractivity contribution in [2.75, 3.05) is 39.4 Å². The molecule has 1 amide bonds. The lowest BCUT2D eigenvalue weighted by atomic mass is 10.4. The van der Waals surface area contributed by atoms with E-state index in [1.807, 2.05) is 0 Å². The zero-order valence-electron chi connectivity index (χ0n) is 11.6. The van der Waals surface area contributed by atoms with Crippen LogP contribution in [0.1, 0.15) is 10.5 Å². The SMILES string of the molecule is O=C(NCCN1CCOCC1)c1cn2cc(Cl)ccc2n1. The number of morpholine rings is 1. The van der Waals surface area contributed by atoms with Crippen molar-refractivity contribution in [2.24, 2.45) is 0 Å². The summed E-state index contributed by atoms with van der Waals surface area (Å²) in [5, 5.41) is 3.50. The van der Waals surface area contributed by atoms with Crippen LogP contribution in [0.15, 0.2) is 24.5 Å². The lowest BCUT2D eigenvalue weighted by Gasteiger charge is -2.26. The Morgan fingerprint density at radius 3 is 2.95 bits per heavy atom. The number of rotatable bonds is 4. The normalized spacial score (nSPS) is 16.2. The van der Waals surface area contributed by atoms with Gasteiger partial charge in [0, 0.05) is 38.6 Å². The molecule has 1 N–H and O–H groups in total. The highest BCUT2D eigenvalue weighted by Gasteiger charge is 2.13. The molecule has 1 fully saturated rings. The third-order valence-electron chi connectivity index (χ3n) is 3.46. The highest BCUT2D eigenvalue weighted by atomic mass is 35.5. The molecule has 21 heavy (non-hydrogen) atoms. The third kappa shape index (κ3) is 3.53. The standard InChI is InChI=1S/C14H17ClN4O2/c15-11-1-2-13-17-12(10-19(13)9-11)14(20)16-3-4-18-5-7-21-8-6-18/h1-2,9-10H,3-8H2,(H,16,20). The molecule has 0 unspecified atom stereocenters. The molecule has 0 radical (unpaired) electrons. The summed E-state index contributed by atoms with van der Waals surface area (Å²) in [7, 11) is 0. The second kappa shape index (κ2) is 6.43. The number of nitrogens with zero attached hydrogens (tertiary/aromatic N) is 3. The van der Waals surface area contributed by atoms with Crippen LogP contribution >= 0.6 is 11.6 Å². The molecule has 2 aromatic rings. The minimum atomic E-state index is -0.164. The number of halogens is 1. The topological polar surface area (TPSA) is 58.9 Å². The molecule has 3 heterocycles. The largest absolute Gasteiger partial charge is 0.379 e. The van der Waals surface area contributed by atoms with E-state index in [2.05, 4.69) is 15.2 Å². The fourth-order valence-electron chi connectivity index (χ4n) is 2.32. The number of amides is 1. The molecule has 0 aromatic carbocycles. The van der Waals surface area contributed by atoms with E-state index in [-0.39, 0.29) is 5.91 Å². The first-order valence-electron chi connectivity index (χ1n) is 6.95. The van der Waals surface area contributed by atoms with Gasteiger partial charge in [-0.1, -0.05) is 11.6 Å². The van der Waals surface area contributed by atoms with E-state index >= 15 is 0 Å². The van der Waals surface area contributed by atoms with Gasteiger partial charge in [0.15, 0.2) is 0 Å². The van der Waals surface area contributed by atoms with Crippen molar-refractivity contribution < 1.29 is 9.53 Å². The first-order valence-corrected chi connectivity index (χ1v) is 7.33. The molecule has 6 nitrogen and oxygen atoms in total. The zero-order valence-corrected chi connectivity index (χ0v) is 12.3. The Kier molecular flexibility index (Phi) is 4.38. The van der Waals surface area contributed by atoms with Crippen molar-refractivity contribution in [2.45, 2.75) is 0 Å². The maximum atomic E-state index is 12.1. The van der Waals surface area contributed by atoms with Crippen LogP contribution in [0.25, 0.3) is 5.65 Å². The van der Waals surface area contributed by atoms with Gasteiger partial charge in [-0.25, -0.2) is 4.98 Å². The minimum absolute atomic E-state index is 0.164. The molecule has 0 atom stereocenters. The number of carbonyl (C=O) groups excluding carboxylic acids is 1. The van der Waals surface area contributed by atoms with Gasteiger partial charge in [-0.2, -0.15) is 0 Å². The van der Waals surface area contributed by atoms with E-state index < -0.39 is 0 Å². The van der Waals surface area contributed by atoms with Gasteiger partial charge in [-0.15, -0.1) is 0 Å². The van der Waals surface area contributed by atoms with Crippen LogP contribution in [0.5, 0.6) is 0 Å². The summed E-state index contributed by atoms with van der Waals surface area (Å²) in [4.78, 5) is 18.6. The van der Waals surface area contributed by atoms with Gasteiger partial charge in [0.05, 0.1) is 18.2 Å². The number of hydrogen-bond donors (Lipinski definition) is 1. The summed E-state index contributed by atoms with van der Waals surface area (Å²) in [6.45, 7) is 4.80. The maximum absolute atomic E-state index is 12.1. The molecule has 1 saturated heterocycles. The van der Waals surface area contributed by atoms with Crippen LogP contribution in [0.2, 0.25) is 5.02 Å². The van der Waals surface area contributed by atoms with E-state index in [1.54, 1.807) is 28.9 Å². The first-order chi connectivity index (χ1) is 10.2. The van der Waals surface area contributed by atoms with E-state index in [1.165, 1.54) is 0 Å². The molecule has 0 saturated carbocycles. The fourth-order valence-corrected chi connectivity index (χ4v) is 2.49. The highest BCUT2D eigenvalue weighted by Crippen LogP contribution is 2.11. The molecular weight excluding hydrogens is 292 g/mol. The van der Waals surface area contributed by atoms with Crippen LogP contribution in [-0.4, -0.2) is 59.6 Å². The Balaban J connectivity index is 1.56. The van der Waals surface area contributed by atoms with Crippen LogP contribution in [-0.2, 0) is 4.74 Å². The number of hydrogen-bond acceptors (Lipinski definition) is 4. The van der Waals surface area contributed by atoms with Crippen molar-refractivity contribution in [3.05, 3.63) is 35.2 Å². The van der Waals surface area contributed by atoms with Gasteiger partial charge in [-0.05, 0) is 12.1 Å². The van der Waals surface area contributed by atoms with E-state index in [0.29, 0.717) is 22.9 Å². The lowest BCUT2D eigenvalue weighted by molar-refractivity contribution is 0.0383. The molecule has 3 rings (SSSR count). The van der Waals surface area contributed by atoms with Crippen molar-refractivity contribution in [1.29, 1.82) is 0 Å². The Labute approximate surface area is 127 Å². The summed E-state index contributed by atoms with van der Waals surface area (Å²) in [6.07, 6.45) is 3.42. The number of carbonyl (C=O) groups is 1. The highest BCUT2D eigenvalue weighted by molar-refractivity contribution is 6.30. The predicted octanol–water partition coefficient (Wildman–Crippen LogP) is 1.05. The molecule has 2 aromatic heterocycles. The Morgan fingerprint density at radius 2 is 2.14 bits per heavy atom. The number of pyridine rings is 1. The van der Waals surface area contributed by atoms with Crippen LogP contribution in [0.4, 0.5) is 0 Å². The van der Waals surface area contributed by atoms with Crippen molar-refractivity contribution in [3.8, 4) is 0 Å². The molecular formula is C14H17ClN4O2. The lowest BCUT2D eigenvalue weighted by Crippen LogP contribution is -2.41. The van der Waals surface area contributed by atoms with E-state index in [4.69, 9.17) is 16.3 Å². The molecule has 0 spiro atoms. The maximum Gasteiger partial charge on any atom is 0.271 e. The zero-order chi connectivity index (χ0) is 14.7. The van der Waals surface area contributed by atoms with E-state index in [9.17, 15) is 4.79 Å². The van der Waals surface area contributed by atoms with Crippen LogP contribution < -0.4 is 5.32 Å². The number of ether oxygens (including phenoxy) is 1. The van der Waals surface area contributed by atoms with Gasteiger partial charge in [0.2, 0.25) is 0 Å². The van der Waals surface area contributed by atoms with Gasteiger partial charge in [0.1, 0.15) is 11.3 Å². The average Bonchev–Trinajstić information content (AvgIpc) is 2.91. The van der Waals surface area contributed by atoms with Crippen LogP contribution in [0, 0.1) is 0 Å². The summed E-state index contributed by atoms with van der Waals surface area (Å²) < 4.78 is 7.04. The number of aromatic nitrogens is 2. The Morgan fingerprint density at radius 1 is 1.33 bits per heavy atom. The first kappa shape index (κ1) is 14.3. The summed E-state index contributed by atoms with van der Waals surface area (Å²) in [5.41, 5.74) is 1.11. The third-order valence-corrected chi connectivity index (χ3v) is 3.69. The average molecular weight is 309 g/mol. The predicted molar refractivity (Wildman–Crippen MR) is 79.8 cm³/mol. The number of imidazole rings is 1. The second-order valence-corrected chi connectivity index (χ2v) is 5.39. The second-order valence-electron chi connectivity index (χ2n) is 4.95. The molecule has 0 bridgehead atoms. The molecule has 0 aliphatic carbocycles. The summed E-state index contributed by atoms with van der Waals surface area (Å²) in [6, 6.07) is 3.54. The Hall–Kier alpha value is -1.63. The van der Waals surface area contributed by atoms with Crippen molar-refractivity contribution in [3.63, 3.8) is 0 Å². The monoisotopic (exact) mass is 308 g/mol. The van der Waals surface area contributed by atoms with Crippen molar-refractivity contribution in [1.82, 2.24) is 19.6 Å². The molecule has 1 aliphatic rings. The van der Waals surface area contributed by atoms with Gasteiger partial charge in [-0.3, -0.25) is 9.69 Å². The quantitative estimate of drug-likeness (QED) is 0.917. The number of fused-ring (bicyclic) bond motifs is 1. The molecule has 112 valence electrons. The van der Waals surface area contributed by atoms with Gasteiger partial charge < -0.3 is 14.5 Å². The molecule has 7 heteroatoms. The van der Waals surface area contributed by atoms with Gasteiger partial charge in [0.25, 0.3) is 5.91 Å². The summed E-state index contributed by atoms with van der Waals surface area (Å²) in [5.74, 6) is -0.164. The smallest absolute Gasteiger partial charge is 0.271 e. The Bertz CT molecular complexity index is 637. The van der Waals surface area contributed by atoms with Crippen molar-refractivity contribution >= 4 is 23.2 Å². The van der Waals surface area contributed by atoms with E-state index in [0.717, 1.165) is 32.8 Å².